The summed E-state index contributed by atoms with van der Waals surface area (Å²) in [5.41, 5.74) is 5.12. The maximum absolute atomic E-state index is 11.8. The van der Waals surface area contributed by atoms with Gasteiger partial charge in [-0.1, -0.05) is 0 Å². The van der Waals surface area contributed by atoms with Gasteiger partial charge in [-0.25, -0.2) is 9.59 Å². The number of carboxylic acid groups (broad SMARTS) is 1. The Kier molecular flexibility index (Phi) is 5.94. The molecule has 0 aliphatic rings. The Labute approximate surface area is 133 Å². The summed E-state index contributed by atoms with van der Waals surface area (Å²) < 4.78 is 14.7. The van der Waals surface area contributed by atoms with Crippen molar-refractivity contribution in [1.82, 2.24) is 0 Å². The van der Waals surface area contributed by atoms with Crippen LogP contribution in [0.3, 0.4) is 0 Å². The lowest BCUT2D eigenvalue weighted by atomic mass is 10.2. The lowest BCUT2D eigenvalue weighted by molar-refractivity contribution is -0.307. The molecule has 0 unspecified atom stereocenters. The van der Waals surface area contributed by atoms with Crippen molar-refractivity contribution >= 4 is 23.6 Å². The van der Waals surface area contributed by atoms with Gasteiger partial charge in [-0.15, -0.1) is 0 Å². The third-order valence-electron chi connectivity index (χ3n) is 2.33. The molecule has 1 rings (SSSR count). The topological polar surface area (TPSA) is 128 Å². The summed E-state index contributed by atoms with van der Waals surface area (Å²) >= 11 is 0. The minimum atomic E-state index is -1.40. The number of esters is 2. The van der Waals surface area contributed by atoms with E-state index in [1.165, 1.54) is 18.2 Å². The van der Waals surface area contributed by atoms with Crippen LogP contribution in [0.15, 0.2) is 18.2 Å². The van der Waals surface area contributed by atoms with E-state index in [-0.39, 0.29) is 17.0 Å². The fraction of sp³-hybridized carbons (Fsp3) is 0.400. The molecule has 0 bridgehead atoms. The number of anilines is 1. The number of rotatable bonds is 6. The normalized spacial score (nSPS) is 10.7. The van der Waals surface area contributed by atoms with E-state index in [1.54, 1.807) is 20.8 Å². The Hall–Kier alpha value is -2.77. The second-order valence-corrected chi connectivity index (χ2v) is 5.58. The molecule has 0 aliphatic carbocycles. The highest BCUT2D eigenvalue weighted by molar-refractivity contribution is 5.92. The Morgan fingerprint density at radius 2 is 1.83 bits per heavy atom. The van der Waals surface area contributed by atoms with Crippen LogP contribution in [0.25, 0.3) is 0 Å². The van der Waals surface area contributed by atoms with E-state index in [4.69, 9.17) is 19.9 Å². The summed E-state index contributed by atoms with van der Waals surface area (Å²) in [5, 5.41) is 10.3. The summed E-state index contributed by atoms with van der Waals surface area (Å²) in [5.74, 6) is -2.75. The maximum atomic E-state index is 11.8. The number of carboxylic acids is 1. The van der Waals surface area contributed by atoms with Gasteiger partial charge in [-0.3, -0.25) is 0 Å². The van der Waals surface area contributed by atoms with Crippen molar-refractivity contribution in [2.45, 2.75) is 26.4 Å². The average Bonchev–Trinajstić information content (AvgIpc) is 2.41. The number of aliphatic carboxylic acids is 1. The van der Waals surface area contributed by atoms with Crippen LogP contribution in [0.1, 0.15) is 31.1 Å². The molecule has 0 radical (unpaired) electrons. The van der Waals surface area contributed by atoms with Crippen molar-refractivity contribution in [3.05, 3.63) is 23.8 Å². The maximum Gasteiger partial charge on any atom is 0.344 e. The van der Waals surface area contributed by atoms with E-state index >= 15 is 0 Å². The summed E-state index contributed by atoms with van der Waals surface area (Å²) in [6, 6.07) is 3.91. The van der Waals surface area contributed by atoms with Gasteiger partial charge in [0, 0.05) is 0 Å². The van der Waals surface area contributed by atoms with Crippen molar-refractivity contribution in [1.29, 1.82) is 0 Å². The van der Waals surface area contributed by atoms with Crippen LogP contribution in [0.4, 0.5) is 5.69 Å². The van der Waals surface area contributed by atoms with E-state index < -0.39 is 36.7 Å². The van der Waals surface area contributed by atoms with Gasteiger partial charge >= 0.3 is 11.9 Å². The molecule has 126 valence electrons. The largest absolute Gasteiger partial charge is 0.546 e. The summed E-state index contributed by atoms with van der Waals surface area (Å²) in [6.45, 7) is 3.89. The molecule has 0 amide bonds. The quantitative estimate of drug-likeness (QED) is 0.567. The minimum absolute atomic E-state index is 0.0537. The Bertz CT molecular complexity index is 604. The number of hydrogen-bond donors (Lipinski definition) is 1. The lowest BCUT2D eigenvalue weighted by Crippen LogP contribution is -2.29. The molecule has 1 aromatic rings. The van der Waals surface area contributed by atoms with Gasteiger partial charge in [0.05, 0.1) is 17.2 Å². The summed E-state index contributed by atoms with van der Waals surface area (Å²) in [7, 11) is 0. The molecule has 2 N–H and O–H groups in total. The number of ether oxygens (including phenoxy) is 3. The summed E-state index contributed by atoms with van der Waals surface area (Å²) in [4.78, 5) is 33.6. The Balaban J connectivity index is 2.62. The van der Waals surface area contributed by atoms with Crippen LogP contribution >= 0.6 is 0 Å². The number of hydrogen-bond acceptors (Lipinski definition) is 8. The van der Waals surface area contributed by atoms with E-state index in [1.807, 2.05) is 0 Å². The molecular formula is C15H18NO7-. The molecule has 0 saturated heterocycles. The second kappa shape index (κ2) is 7.48. The van der Waals surface area contributed by atoms with Crippen LogP contribution in [0.5, 0.6) is 5.75 Å². The van der Waals surface area contributed by atoms with E-state index in [0.29, 0.717) is 0 Å². The first-order valence-corrected chi connectivity index (χ1v) is 6.69. The highest BCUT2D eigenvalue weighted by atomic mass is 16.6. The fourth-order valence-electron chi connectivity index (χ4n) is 1.52. The molecule has 0 aliphatic heterocycles. The lowest BCUT2D eigenvalue weighted by Gasteiger charge is -2.19. The molecule has 23 heavy (non-hydrogen) atoms. The van der Waals surface area contributed by atoms with Gasteiger partial charge in [0.15, 0.2) is 6.61 Å². The first-order chi connectivity index (χ1) is 10.6. The third-order valence-corrected chi connectivity index (χ3v) is 2.33. The Morgan fingerprint density at radius 3 is 2.35 bits per heavy atom. The SMILES string of the molecule is CC(C)(C)OC(=O)COC(=O)c1ccc(OCC(=O)[O-])c(N)c1. The first kappa shape index (κ1) is 18.3. The molecule has 0 saturated carbocycles. The van der Waals surface area contributed by atoms with E-state index in [0.717, 1.165) is 0 Å². The van der Waals surface area contributed by atoms with E-state index in [2.05, 4.69) is 0 Å². The van der Waals surface area contributed by atoms with E-state index in [9.17, 15) is 19.5 Å². The molecular weight excluding hydrogens is 306 g/mol. The predicted octanol–water partition coefficient (Wildman–Crippen LogP) is -0.104. The molecule has 0 heterocycles. The van der Waals surface area contributed by atoms with Crippen molar-refractivity contribution in [2.24, 2.45) is 0 Å². The molecule has 1 aromatic carbocycles. The van der Waals surface area contributed by atoms with Gasteiger partial charge in [0.2, 0.25) is 0 Å². The van der Waals surface area contributed by atoms with Gasteiger partial charge in [-0.05, 0) is 39.0 Å². The number of nitrogens with two attached hydrogens (primary N) is 1. The average molecular weight is 324 g/mol. The number of benzene rings is 1. The highest BCUT2D eigenvalue weighted by Gasteiger charge is 2.18. The van der Waals surface area contributed by atoms with Crippen molar-refractivity contribution < 1.29 is 33.7 Å². The third kappa shape index (κ3) is 6.68. The zero-order valence-electron chi connectivity index (χ0n) is 13.1. The highest BCUT2D eigenvalue weighted by Crippen LogP contribution is 2.22. The molecule has 8 nitrogen and oxygen atoms in total. The Morgan fingerprint density at radius 1 is 1.17 bits per heavy atom. The standard InChI is InChI=1S/C15H19NO7/c1-15(2,3)23-13(19)8-22-14(20)9-4-5-11(10(16)6-9)21-7-12(17)18/h4-6H,7-8,16H2,1-3H3,(H,17,18)/p-1. The minimum Gasteiger partial charge on any atom is -0.546 e. The molecule has 0 fully saturated rings. The van der Waals surface area contributed by atoms with Gasteiger partial charge in [0.25, 0.3) is 0 Å². The predicted molar refractivity (Wildman–Crippen MR) is 77.5 cm³/mol. The van der Waals surface area contributed by atoms with Crippen molar-refractivity contribution in [3.63, 3.8) is 0 Å². The van der Waals surface area contributed by atoms with Crippen LogP contribution < -0.4 is 15.6 Å². The summed E-state index contributed by atoms with van der Waals surface area (Å²) in [6.07, 6.45) is 0. The van der Waals surface area contributed by atoms with Crippen LogP contribution in [0.2, 0.25) is 0 Å². The van der Waals surface area contributed by atoms with Crippen molar-refractivity contribution in [3.8, 4) is 5.75 Å². The number of carbonyl (C=O) groups excluding carboxylic acids is 3. The molecule has 0 spiro atoms. The molecule has 8 heteroatoms. The zero-order valence-corrected chi connectivity index (χ0v) is 13.1. The first-order valence-electron chi connectivity index (χ1n) is 6.69. The van der Waals surface area contributed by atoms with Crippen LogP contribution in [-0.4, -0.2) is 36.7 Å². The molecule has 0 atom stereocenters. The van der Waals surface area contributed by atoms with Crippen molar-refractivity contribution in [2.75, 3.05) is 18.9 Å². The van der Waals surface area contributed by atoms with Crippen LogP contribution in [-0.2, 0) is 19.1 Å². The molecule has 0 aromatic heterocycles. The van der Waals surface area contributed by atoms with Gasteiger partial charge in [0.1, 0.15) is 18.0 Å². The monoisotopic (exact) mass is 324 g/mol. The van der Waals surface area contributed by atoms with Crippen LogP contribution in [0, 0.1) is 0 Å². The van der Waals surface area contributed by atoms with Gasteiger partial charge < -0.3 is 29.8 Å². The number of nitrogen functional groups attached to an aromatic ring is 1. The smallest absolute Gasteiger partial charge is 0.344 e. The zero-order chi connectivity index (χ0) is 17.6. The van der Waals surface area contributed by atoms with Gasteiger partial charge in [-0.2, -0.15) is 0 Å². The second-order valence-electron chi connectivity index (χ2n) is 5.58. The number of carbonyl (C=O) groups is 3. The fourth-order valence-corrected chi connectivity index (χ4v) is 1.52.